The lowest BCUT2D eigenvalue weighted by Crippen LogP contribution is -2.04. The number of benzene rings is 1. The van der Waals surface area contributed by atoms with Crippen LogP contribution in [0, 0.1) is 0 Å². The molecule has 0 aliphatic rings. The van der Waals surface area contributed by atoms with Crippen LogP contribution >= 0.6 is 0 Å². The molecule has 1 heterocycles. The van der Waals surface area contributed by atoms with E-state index in [0.29, 0.717) is 12.2 Å². The van der Waals surface area contributed by atoms with E-state index in [9.17, 15) is 4.79 Å². The van der Waals surface area contributed by atoms with Crippen molar-refractivity contribution >= 4 is 16.9 Å². The van der Waals surface area contributed by atoms with Gasteiger partial charge in [-0.3, -0.25) is 4.98 Å². The summed E-state index contributed by atoms with van der Waals surface area (Å²) in [6, 6.07) is 7.27. The van der Waals surface area contributed by atoms with Gasteiger partial charge in [-0.1, -0.05) is 0 Å². The third-order valence-corrected chi connectivity index (χ3v) is 2.40. The second kappa shape index (κ2) is 4.82. The minimum atomic E-state index is -0.357. The van der Waals surface area contributed by atoms with Crippen molar-refractivity contribution in [1.29, 1.82) is 0 Å². The highest BCUT2D eigenvalue weighted by Crippen LogP contribution is 2.20. The molecular weight excluding hydrogens is 218 g/mol. The summed E-state index contributed by atoms with van der Waals surface area (Å²) in [6.07, 6.45) is 1.52. The Labute approximate surface area is 99.2 Å². The Kier molecular flexibility index (Phi) is 3.23. The number of carbonyl (C=O) groups excluding carboxylic acids is 1. The largest absolute Gasteiger partial charge is 0.497 e. The van der Waals surface area contributed by atoms with Gasteiger partial charge in [0.1, 0.15) is 5.75 Å². The Morgan fingerprint density at radius 3 is 2.88 bits per heavy atom. The quantitative estimate of drug-likeness (QED) is 0.761. The number of fused-ring (bicyclic) bond motifs is 1. The van der Waals surface area contributed by atoms with Gasteiger partial charge in [0.2, 0.25) is 0 Å². The fraction of sp³-hybridized carbons (Fsp3) is 0.231. The van der Waals surface area contributed by atoms with E-state index in [4.69, 9.17) is 9.47 Å². The van der Waals surface area contributed by atoms with E-state index in [1.807, 2.05) is 18.2 Å². The summed E-state index contributed by atoms with van der Waals surface area (Å²) in [5.74, 6) is 0.380. The molecule has 0 spiro atoms. The summed E-state index contributed by atoms with van der Waals surface area (Å²) in [6.45, 7) is 2.13. The highest BCUT2D eigenvalue weighted by Gasteiger charge is 2.08. The third kappa shape index (κ3) is 2.36. The molecule has 1 aromatic heterocycles. The van der Waals surface area contributed by atoms with Crippen LogP contribution in [0.4, 0.5) is 0 Å². The van der Waals surface area contributed by atoms with Gasteiger partial charge in [-0.05, 0) is 31.2 Å². The number of hydrogen-bond donors (Lipinski definition) is 0. The first kappa shape index (κ1) is 11.4. The van der Waals surface area contributed by atoms with Crippen molar-refractivity contribution in [2.75, 3.05) is 13.7 Å². The standard InChI is InChI=1S/C13H13NO3/c1-3-17-13(15)10-6-9-7-11(16-2)4-5-12(9)14-8-10/h4-8H,3H2,1-2H3. The van der Waals surface area contributed by atoms with Crippen LogP contribution in [0.2, 0.25) is 0 Å². The topological polar surface area (TPSA) is 48.4 Å². The van der Waals surface area contributed by atoms with Gasteiger partial charge in [-0.15, -0.1) is 0 Å². The van der Waals surface area contributed by atoms with Gasteiger partial charge >= 0.3 is 5.97 Å². The average Bonchev–Trinajstić information content (AvgIpc) is 2.37. The number of rotatable bonds is 3. The number of methoxy groups -OCH3 is 1. The molecule has 88 valence electrons. The number of aromatic nitrogens is 1. The normalized spacial score (nSPS) is 10.2. The molecule has 0 atom stereocenters. The molecule has 0 unspecified atom stereocenters. The average molecular weight is 231 g/mol. The number of ether oxygens (including phenoxy) is 2. The predicted octanol–water partition coefficient (Wildman–Crippen LogP) is 2.42. The maximum absolute atomic E-state index is 11.5. The summed E-state index contributed by atoms with van der Waals surface area (Å²) in [7, 11) is 1.60. The Bertz CT molecular complexity index is 551. The summed E-state index contributed by atoms with van der Waals surface area (Å²) < 4.78 is 10.0. The second-order valence-electron chi connectivity index (χ2n) is 3.50. The smallest absolute Gasteiger partial charge is 0.339 e. The summed E-state index contributed by atoms with van der Waals surface area (Å²) in [5, 5.41) is 0.856. The van der Waals surface area contributed by atoms with Gasteiger partial charge in [0, 0.05) is 11.6 Å². The first-order chi connectivity index (χ1) is 8.24. The van der Waals surface area contributed by atoms with Gasteiger partial charge in [0.15, 0.2) is 0 Å². The van der Waals surface area contributed by atoms with E-state index < -0.39 is 0 Å². The molecule has 2 rings (SSSR count). The summed E-state index contributed by atoms with van der Waals surface area (Å²) >= 11 is 0. The summed E-state index contributed by atoms with van der Waals surface area (Å²) in [5.41, 5.74) is 1.27. The Morgan fingerprint density at radius 2 is 2.18 bits per heavy atom. The molecule has 0 saturated heterocycles. The molecule has 0 saturated carbocycles. The zero-order valence-electron chi connectivity index (χ0n) is 9.77. The number of carbonyl (C=O) groups is 1. The minimum absolute atomic E-state index is 0.356. The second-order valence-corrected chi connectivity index (χ2v) is 3.50. The van der Waals surface area contributed by atoms with Gasteiger partial charge in [0.25, 0.3) is 0 Å². The first-order valence-electron chi connectivity index (χ1n) is 5.35. The van der Waals surface area contributed by atoms with E-state index in [0.717, 1.165) is 16.7 Å². The van der Waals surface area contributed by atoms with E-state index in [2.05, 4.69) is 4.98 Å². The maximum Gasteiger partial charge on any atom is 0.339 e. The third-order valence-electron chi connectivity index (χ3n) is 2.40. The minimum Gasteiger partial charge on any atom is -0.497 e. The maximum atomic E-state index is 11.5. The number of nitrogens with zero attached hydrogens (tertiary/aromatic N) is 1. The van der Waals surface area contributed by atoms with Gasteiger partial charge in [-0.25, -0.2) is 4.79 Å². The van der Waals surface area contributed by atoms with Crippen molar-refractivity contribution < 1.29 is 14.3 Å². The van der Waals surface area contributed by atoms with E-state index in [1.165, 1.54) is 6.20 Å². The van der Waals surface area contributed by atoms with Gasteiger partial charge < -0.3 is 9.47 Å². The summed E-state index contributed by atoms with van der Waals surface area (Å²) in [4.78, 5) is 15.8. The van der Waals surface area contributed by atoms with Crippen molar-refractivity contribution in [3.63, 3.8) is 0 Å². The van der Waals surface area contributed by atoms with Crippen molar-refractivity contribution in [2.45, 2.75) is 6.92 Å². The molecule has 1 aromatic carbocycles. The molecule has 4 heteroatoms. The van der Waals surface area contributed by atoms with Crippen LogP contribution in [-0.2, 0) is 4.74 Å². The molecular formula is C13H13NO3. The Hall–Kier alpha value is -2.10. The molecule has 0 bridgehead atoms. The first-order valence-corrected chi connectivity index (χ1v) is 5.35. The molecule has 0 aliphatic carbocycles. The van der Waals surface area contributed by atoms with Crippen molar-refractivity contribution in [3.05, 3.63) is 36.0 Å². The highest BCUT2D eigenvalue weighted by molar-refractivity contribution is 5.93. The van der Waals surface area contributed by atoms with Crippen molar-refractivity contribution in [2.24, 2.45) is 0 Å². The molecule has 2 aromatic rings. The number of pyridine rings is 1. The zero-order chi connectivity index (χ0) is 12.3. The predicted molar refractivity (Wildman–Crippen MR) is 64.3 cm³/mol. The molecule has 0 aliphatic heterocycles. The van der Waals surface area contributed by atoms with Crippen LogP contribution in [0.3, 0.4) is 0 Å². The fourth-order valence-corrected chi connectivity index (χ4v) is 1.56. The number of esters is 1. The van der Waals surface area contributed by atoms with E-state index >= 15 is 0 Å². The van der Waals surface area contributed by atoms with Crippen LogP contribution in [0.5, 0.6) is 5.75 Å². The molecule has 0 fully saturated rings. The van der Waals surface area contributed by atoms with Crippen LogP contribution in [0.1, 0.15) is 17.3 Å². The SMILES string of the molecule is CCOC(=O)c1cnc2ccc(OC)cc2c1. The van der Waals surface area contributed by atoms with E-state index in [-0.39, 0.29) is 5.97 Å². The van der Waals surface area contributed by atoms with E-state index in [1.54, 1.807) is 20.1 Å². The molecule has 4 nitrogen and oxygen atoms in total. The zero-order valence-corrected chi connectivity index (χ0v) is 9.77. The van der Waals surface area contributed by atoms with Gasteiger partial charge in [-0.2, -0.15) is 0 Å². The van der Waals surface area contributed by atoms with Crippen LogP contribution in [0.25, 0.3) is 10.9 Å². The fourth-order valence-electron chi connectivity index (χ4n) is 1.56. The van der Waals surface area contributed by atoms with Crippen LogP contribution in [-0.4, -0.2) is 24.7 Å². The highest BCUT2D eigenvalue weighted by atomic mass is 16.5. The van der Waals surface area contributed by atoms with Crippen molar-refractivity contribution in [3.8, 4) is 5.75 Å². The molecule has 0 radical (unpaired) electrons. The Balaban J connectivity index is 2.44. The molecule has 17 heavy (non-hydrogen) atoms. The number of hydrogen-bond acceptors (Lipinski definition) is 4. The van der Waals surface area contributed by atoms with Gasteiger partial charge in [0.05, 0.1) is 24.8 Å². The monoisotopic (exact) mass is 231 g/mol. The van der Waals surface area contributed by atoms with Crippen molar-refractivity contribution in [1.82, 2.24) is 4.98 Å². The lowest BCUT2D eigenvalue weighted by Gasteiger charge is -2.04. The van der Waals surface area contributed by atoms with Crippen LogP contribution in [0.15, 0.2) is 30.5 Å². The Morgan fingerprint density at radius 1 is 1.35 bits per heavy atom. The lowest BCUT2D eigenvalue weighted by atomic mass is 10.1. The molecule has 0 amide bonds. The lowest BCUT2D eigenvalue weighted by molar-refractivity contribution is 0.0526. The molecule has 0 N–H and O–H groups in total. The van der Waals surface area contributed by atoms with Crippen LogP contribution < -0.4 is 4.74 Å².